The summed E-state index contributed by atoms with van der Waals surface area (Å²) in [7, 11) is 0. The van der Waals surface area contributed by atoms with Gasteiger partial charge in [-0.3, -0.25) is 0 Å². The SMILES string of the molecule is [O-]c1cccc2ccc(C3=CCCC=C3)[nH+]c12.[Rb+]. The molecule has 84 valence electrons. The quantitative estimate of drug-likeness (QED) is 0.697. The first-order valence-corrected chi connectivity index (χ1v) is 5.84. The van der Waals surface area contributed by atoms with E-state index in [0.717, 1.165) is 23.9 Å². The summed E-state index contributed by atoms with van der Waals surface area (Å²) in [6, 6.07) is 9.35. The summed E-state index contributed by atoms with van der Waals surface area (Å²) < 4.78 is 0. The van der Waals surface area contributed by atoms with Gasteiger partial charge in [0.25, 0.3) is 0 Å². The third-order valence-electron chi connectivity index (χ3n) is 3.05. The normalized spacial score (nSPS) is 14.1. The van der Waals surface area contributed by atoms with Crippen molar-refractivity contribution in [3.05, 3.63) is 54.3 Å². The molecule has 0 spiro atoms. The molecule has 1 aromatic heterocycles. The zero-order valence-electron chi connectivity index (χ0n) is 10.4. The Bertz CT molecular complexity index is 631. The molecule has 0 amide bonds. The number of fused-ring (bicyclic) bond motifs is 1. The van der Waals surface area contributed by atoms with Gasteiger partial charge in [0.1, 0.15) is 0 Å². The molecule has 3 heteroatoms. The van der Waals surface area contributed by atoms with Crippen LogP contribution in [-0.4, -0.2) is 0 Å². The molecule has 1 heterocycles. The molecule has 1 aromatic carbocycles. The molecule has 0 fully saturated rings. The van der Waals surface area contributed by atoms with Crippen molar-refractivity contribution < 1.29 is 68.3 Å². The van der Waals surface area contributed by atoms with Gasteiger partial charge in [-0.25, -0.2) is 4.98 Å². The van der Waals surface area contributed by atoms with Crippen molar-refractivity contribution >= 4 is 16.5 Å². The average Bonchev–Trinajstić information content (AvgIpc) is 2.40. The van der Waals surface area contributed by atoms with E-state index in [1.54, 1.807) is 12.1 Å². The number of aromatic amines is 1. The zero-order chi connectivity index (χ0) is 11.7. The third kappa shape index (κ3) is 2.82. The van der Waals surface area contributed by atoms with E-state index in [1.807, 2.05) is 18.2 Å². The molecular weight excluding hydrogens is 296 g/mol. The topological polar surface area (TPSA) is 37.2 Å². The molecule has 0 aliphatic heterocycles. The summed E-state index contributed by atoms with van der Waals surface area (Å²) in [4.78, 5) is 3.23. The van der Waals surface area contributed by atoms with E-state index < -0.39 is 0 Å². The fraction of sp³-hybridized carbons (Fsp3) is 0.133. The molecule has 18 heavy (non-hydrogen) atoms. The number of H-pyrrole nitrogens is 1. The molecule has 0 unspecified atom stereocenters. The number of para-hydroxylation sites is 1. The molecule has 2 nitrogen and oxygen atoms in total. The number of aromatic nitrogens is 1. The van der Waals surface area contributed by atoms with Crippen LogP contribution in [0, 0.1) is 0 Å². The van der Waals surface area contributed by atoms with Gasteiger partial charge < -0.3 is 5.11 Å². The molecule has 1 aliphatic rings. The van der Waals surface area contributed by atoms with Crippen LogP contribution in [0.15, 0.2) is 48.6 Å². The Morgan fingerprint density at radius 2 is 1.94 bits per heavy atom. The van der Waals surface area contributed by atoms with Gasteiger partial charge in [-0.15, -0.1) is 0 Å². The Balaban J connectivity index is 0.00000120. The minimum Gasteiger partial charge on any atom is -0.868 e. The summed E-state index contributed by atoms with van der Waals surface area (Å²) in [5.74, 6) is 0.0461. The van der Waals surface area contributed by atoms with Gasteiger partial charge in [0, 0.05) is 17.0 Å². The Morgan fingerprint density at radius 1 is 1.06 bits per heavy atom. The number of pyridine rings is 1. The second-order valence-electron chi connectivity index (χ2n) is 4.23. The number of hydrogen-bond donors (Lipinski definition) is 0. The largest absolute Gasteiger partial charge is 1.00 e. The van der Waals surface area contributed by atoms with Crippen LogP contribution in [0.4, 0.5) is 0 Å². The molecule has 0 radical (unpaired) electrons. The summed E-state index contributed by atoms with van der Waals surface area (Å²) >= 11 is 0. The van der Waals surface area contributed by atoms with Crippen LogP contribution in [0.2, 0.25) is 0 Å². The maximum absolute atomic E-state index is 11.7. The molecular formula is C15H13NORb+. The van der Waals surface area contributed by atoms with Crippen molar-refractivity contribution in [2.24, 2.45) is 0 Å². The summed E-state index contributed by atoms with van der Waals surface area (Å²) in [5, 5.41) is 12.7. The number of benzene rings is 1. The monoisotopic (exact) mass is 308 g/mol. The summed E-state index contributed by atoms with van der Waals surface area (Å²) in [6.45, 7) is 0. The molecule has 1 N–H and O–H groups in total. The number of allylic oxidation sites excluding steroid dienone is 4. The van der Waals surface area contributed by atoms with E-state index in [2.05, 4.69) is 23.2 Å². The third-order valence-corrected chi connectivity index (χ3v) is 3.05. The Morgan fingerprint density at radius 3 is 2.72 bits per heavy atom. The van der Waals surface area contributed by atoms with E-state index in [4.69, 9.17) is 0 Å². The Kier molecular flexibility index (Phi) is 4.90. The van der Waals surface area contributed by atoms with Gasteiger partial charge in [-0.2, -0.15) is 0 Å². The van der Waals surface area contributed by atoms with Crippen LogP contribution in [0.5, 0.6) is 5.75 Å². The van der Waals surface area contributed by atoms with E-state index in [9.17, 15) is 5.11 Å². The van der Waals surface area contributed by atoms with E-state index in [0.29, 0.717) is 5.52 Å². The van der Waals surface area contributed by atoms with Crippen molar-refractivity contribution in [1.29, 1.82) is 0 Å². The molecule has 0 bridgehead atoms. The smallest absolute Gasteiger partial charge is 0.868 e. The first-order valence-electron chi connectivity index (χ1n) is 5.84. The van der Waals surface area contributed by atoms with Gasteiger partial charge in [-0.1, -0.05) is 30.4 Å². The van der Waals surface area contributed by atoms with Crippen LogP contribution in [0.25, 0.3) is 16.5 Å². The van der Waals surface area contributed by atoms with E-state index in [-0.39, 0.29) is 63.9 Å². The molecule has 0 saturated heterocycles. The number of rotatable bonds is 1. The van der Waals surface area contributed by atoms with Crippen LogP contribution in [0.1, 0.15) is 18.5 Å². The van der Waals surface area contributed by atoms with Crippen molar-refractivity contribution in [3.63, 3.8) is 0 Å². The van der Waals surface area contributed by atoms with Crippen LogP contribution < -0.4 is 68.3 Å². The maximum atomic E-state index is 11.7. The van der Waals surface area contributed by atoms with Crippen LogP contribution in [-0.2, 0) is 0 Å². The molecule has 3 rings (SSSR count). The minimum atomic E-state index is 0. The molecule has 0 atom stereocenters. The fourth-order valence-corrected chi connectivity index (χ4v) is 2.15. The summed E-state index contributed by atoms with van der Waals surface area (Å²) in [5.41, 5.74) is 2.86. The van der Waals surface area contributed by atoms with E-state index >= 15 is 0 Å². The Hall–Kier alpha value is -0.285. The fourth-order valence-electron chi connectivity index (χ4n) is 2.15. The first kappa shape index (κ1) is 14.1. The van der Waals surface area contributed by atoms with Crippen molar-refractivity contribution in [2.45, 2.75) is 12.8 Å². The molecule has 2 aromatic rings. The molecule has 0 saturated carbocycles. The Labute approximate surface area is 155 Å². The van der Waals surface area contributed by atoms with Crippen molar-refractivity contribution in [1.82, 2.24) is 0 Å². The minimum absolute atomic E-state index is 0. The van der Waals surface area contributed by atoms with Gasteiger partial charge in [0.05, 0.1) is 0 Å². The average molecular weight is 309 g/mol. The van der Waals surface area contributed by atoms with Gasteiger partial charge in [0.15, 0.2) is 0 Å². The van der Waals surface area contributed by atoms with Crippen molar-refractivity contribution in [2.75, 3.05) is 0 Å². The van der Waals surface area contributed by atoms with E-state index in [1.165, 1.54) is 5.57 Å². The van der Waals surface area contributed by atoms with Gasteiger partial charge >= 0.3 is 58.2 Å². The standard InChI is InChI=1S/C15H13NO.Rb/c17-14-8-4-7-12-9-10-13(16-15(12)14)11-5-2-1-3-6-11;/h2,4-10,17H,1,3H2;/q;+1. The first-order chi connectivity index (χ1) is 8.34. The van der Waals surface area contributed by atoms with Crippen LogP contribution >= 0.6 is 0 Å². The number of nitrogens with one attached hydrogen (secondary N) is 1. The predicted octanol–water partition coefficient (Wildman–Crippen LogP) is -0.535. The van der Waals surface area contributed by atoms with Gasteiger partial charge in [-0.05, 0) is 30.7 Å². The van der Waals surface area contributed by atoms with Crippen molar-refractivity contribution in [3.8, 4) is 5.75 Å². The van der Waals surface area contributed by atoms with Gasteiger partial charge in [0.2, 0.25) is 11.2 Å². The van der Waals surface area contributed by atoms with Crippen LogP contribution in [0.3, 0.4) is 0 Å². The predicted molar refractivity (Wildman–Crippen MR) is 66.3 cm³/mol. The second kappa shape index (κ2) is 6.24. The second-order valence-corrected chi connectivity index (χ2v) is 4.23. The zero-order valence-corrected chi connectivity index (χ0v) is 15.4. The summed E-state index contributed by atoms with van der Waals surface area (Å²) in [6.07, 6.45) is 8.64. The number of hydrogen-bond acceptors (Lipinski definition) is 1. The maximum Gasteiger partial charge on any atom is 1.00 e. The molecule has 1 aliphatic carbocycles.